The number of carbonyl (C=O) groups is 1. The lowest BCUT2D eigenvalue weighted by atomic mass is 10.1. The van der Waals surface area contributed by atoms with Gasteiger partial charge < -0.3 is 10.2 Å². The number of hydrogen-bond donors (Lipinski definition) is 1. The van der Waals surface area contributed by atoms with Crippen molar-refractivity contribution in [2.24, 2.45) is 0 Å². The summed E-state index contributed by atoms with van der Waals surface area (Å²) in [6.07, 6.45) is 1.41. The minimum Gasteiger partial charge on any atom is -0.329 e. The summed E-state index contributed by atoms with van der Waals surface area (Å²) in [4.78, 5) is 22.9. The maximum atomic E-state index is 12.6. The van der Waals surface area contributed by atoms with Gasteiger partial charge in [0, 0.05) is 24.5 Å². The van der Waals surface area contributed by atoms with Crippen LogP contribution >= 0.6 is 0 Å². The third-order valence-corrected chi connectivity index (χ3v) is 4.23. The quantitative estimate of drug-likeness (QED) is 0.781. The van der Waals surface area contributed by atoms with E-state index in [0.717, 1.165) is 22.5 Å². The van der Waals surface area contributed by atoms with Crippen LogP contribution in [-0.4, -0.2) is 22.9 Å². The van der Waals surface area contributed by atoms with Gasteiger partial charge in [0.25, 0.3) is 5.91 Å². The molecule has 25 heavy (non-hydrogen) atoms. The molecule has 0 radical (unpaired) electrons. The zero-order chi connectivity index (χ0) is 17.8. The molecule has 0 fully saturated rings. The molecule has 0 spiro atoms. The number of amides is 1. The number of rotatable bonds is 4. The molecule has 0 saturated heterocycles. The van der Waals surface area contributed by atoms with E-state index in [1.807, 2.05) is 74.3 Å². The third kappa shape index (κ3) is 3.66. The summed E-state index contributed by atoms with van der Waals surface area (Å²) >= 11 is 0. The summed E-state index contributed by atoms with van der Waals surface area (Å²) in [6.45, 7) is 4.00. The standard InChI is InChI=1S/C20H20N4O/c1-14-8-7-11-17(15(14)2)23-20(25)18-12-19(22-13-21-18)24(3)16-9-5-4-6-10-16/h4-13H,1-3H3,(H,23,25). The van der Waals surface area contributed by atoms with Crippen LogP contribution in [0.4, 0.5) is 17.2 Å². The summed E-state index contributed by atoms with van der Waals surface area (Å²) < 4.78 is 0. The predicted molar refractivity (Wildman–Crippen MR) is 100 cm³/mol. The van der Waals surface area contributed by atoms with E-state index in [4.69, 9.17) is 0 Å². The van der Waals surface area contributed by atoms with Crippen molar-refractivity contribution in [1.29, 1.82) is 0 Å². The Balaban J connectivity index is 1.83. The first-order valence-corrected chi connectivity index (χ1v) is 8.04. The lowest BCUT2D eigenvalue weighted by molar-refractivity contribution is 0.102. The van der Waals surface area contributed by atoms with E-state index in [1.165, 1.54) is 6.33 Å². The van der Waals surface area contributed by atoms with Gasteiger partial charge in [-0.1, -0.05) is 30.3 Å². The Morgan fingerprint density at radius 1 is 1.00 bits per heavy atom. The number of aromatic nitrogens is 2. The molecule has 0 aliphatic rings. The van der Waals surface area contributed by atoms with E-state index in [9.17, 15) is 4.79 Å². The molecule has 2 aromatic carbocycles. The van der Waals surface area contributed by atoms with Crippen LogP contribution in [0.1, 0.15) is 21.6 Å². The monoisotopic (exact) mass is 332 g/mol. The molecule has 0 aliphatic heterocycles. The minimum atomic E-state index is -0.251. The summed E-state index contributed by atoms with van der Waals surface area (Å²) in [6, 6.07) is 17.4. The number of carbonyl (C=O) groups excluding carboxylic acids is 1. The summed E-state index contributed by atoms with van der Waals surface area (Å²) in [7, 11) is 1.91. The fraction of sp³-hybridized carbons (Fsp3) is 0.150. The fourth-order valence-corrected chi connectivity index (χ4v) is 2.51. The van der Waals surface area contributed by atoms with Gasteiger partial charge in [-0.3, -0.25) is 4.79 Å². The molecule has 5 nitrogen and oxygen atoms in total. The van der Waals surface area contributed by atoms with Crippen molar-refractivity contribution in [2.45, 2.75) is 13.8 Å². The number of nitrogens with zero attached hydrogens (tertiary/aromatic N) is 3. The van der Waals surface area contributed by atoms with E-state index in [-0.39, 0.29) is 5.91 Å². The van der Waals surface area contributed by atoms with Crippen molar-refractivity contribution < 1.29 is 4.79 Å². The SMILES string of the molecule is Cc1cccc(NC(=O)c2cc(N(C)c3ccccc3)ncn2)c1C. The normalized spacial score (nSPS) is 10.4. The van der Waals surface area contributed by atoms with Gasteiger partial charge in [0.15, 0.2) is 0 Å². The number of hydrogen-bond acceptors (Lipinski definition) is 4. The van der Waals surface area contributed by atoms with Gasteiger partial charge in [-0.25, -0.2) is 9.97 Å². The van der Waals surface area contributed by atoms with Gasteiger partial charge in [-0.2, -0.15) is 0 Å². The highest BCUT2D eigenvalue weighted by atomic mass is 16.1. The molecule has 0 unspecified atom stereocenters. The van der Waals surface area contributed by atoms with Crippen LogP contribution in [-0.2, 0) is 0 Å². The Morgan fingerprint density at radius 3 is 2.52 bits per heavy atom. The Hall–Kier alpha value is -3.21. The lowest BCUT2D eigenvalue weighted by Crippen LogP contribution is -2.17. The van der Waals surface area contributed by atoms with Gasteiger partial charge in [-0.15, -0.1) is 0 Å². The van der Waals surface area contributed by atoms with Crippen molar-refractivity contribution >= 4 is 23.1 Å². The fourth-order valence-electron chi connectivity index (χ4n) is 2.51. The molecular formula is C20H20N4O. The first-order chi connectivity index (χ1) is 12.1. The zero-order valence-corrected chi connectivity index (χ0v) is 14.5. The highest BCUT2D eigenvalue weighted by molar-refractivity contribution is 6.03. The molecule has 0 bridgehead atoms. The second kappa shape index (κ2) is 7.13. The molecule has 1 heterocycles. The van der Waals surface area contributed by atoms with Crippen LogP contribution < -0.4 is 10.2 Å². The molecule has 3 aromatic rings. The Labute approximate surface area is 147 Å². The van der Waals surface area contributed by atoms with Gasteiger partial charge in [-0.05, 0) is 43.2 Å². The predicted octanol–water partition coefficient (Wildman–Crippen LogP) is 4.11. The first kappa shape index (κ1) is 16.6. The highest BCUT2D eigenvalue weighted by Gasteiger charge is 2.13. The van der Waals surface area contributed by atoms with E-state index in [0.29, 0.717) is 11.5 Å². The molecular weight excluding hydrogens is 312 g/mol. The molecule has 1 aromatic heterocycles. The van der Waals surface area contributed by atoms with E-state index >= 15 is 0 Å². The van der Waals surface area contributed by atoms with E-state index < -0.39 is 0 Å². The first-order valence-electron chi connectivity index (χ1n) is 8.04. The Morgan fingerprint density at radius 2 is 1.76 bits per heavy atom. The van der Waals surface area contributed by atoms with E-state index in [1.54, 1.807) is 6.07 Å². The lowest BCUT2D eigenvalue weighted by Gasteiger charge is -2.18. The van der Waals surface area contributed by atoms with Gasteiger partial charge in [0.2, 0.25) is 0 Å². The average Bonchev–Trinajstić information content (AvgIpc) is 2.65. The van der Waals surface area contributed by atoms with Crippen LogP contribution in [0.2, 0.25) is 0 Å². The van der Waals surface area contributed by atoms with Crippen molar-refractivity contribution in [3.63, 3.8) is 0 Å². The average molecular weight is 332 g/mol. The molecule has 1 N–H and O–H groups in total. The number of anilines is 3. The van der Waals surface area contributed by atoms with Crippen LogP contribution in [0.5, 0.6) is 0 Å². The van der Waals surface area contributed by atoms with Crippen molar-refractivity contribution in [3.8, 4) is 0 Å². The molecule has 0 aliphatic carbocycles. The van der Waals surface area contributed by atoms with Gasteiger partial charge in [0.05, 0.1) is 0 Å². The van der Waals surface area contributed by atoms with Gasteiger partial charge in [0.1, 0.15) is 17.8 Å². The summed E-state index contributed by atoms with van der Waals surface area (Å²) in [5, 5.41) is 2.93. The van der Waals surface area contributed by atoms with Crippen LogP contribution in [0, 0.1) is 13.8 Å². The highest BCUT2D eigenvalue weighted by Crippen LogP contribution is 2.22. The second-order valence-corrected chi connectivity index (χ2v) is 5.86. The maximum Gasteiger partial charge on any atom is 0.274 e. The smallest absolute Gasteiger partial charge is 0.274 e. The van der Waals surface area contributed by atoms with Gasteiger partial charge >= 0.3 is 0 Å². The molecule has 5 heteroatoms. The van der Waals surface area contributed by atoms with Crippen LogP contribution in [0.25, 0.3) is 0 Å². The number of aryl methyl sites for hydroxylation is 1. The Kier molecular flexibility index (Phi) is 4.75. The molecule has 1 amide bonds. The van der Waals surface area contributed by atoms with Crippen molar-refractivity contribution in [1.82, 2.24) is 9.97 Å². The van der Waals surface area contributed by atoms with Crippen LogP contribution in [0.15, 0.2) is 60.9 Å². The topological polar surface area (TPSA) is 58.1 Å². The van der Waals surface area contributed by atoms with Crippen molar-refractivity contribution in [2.75, 3.05) is 17.3 Å². The Bertz CT molecular complexity index is 893. The number of benzene rings is 2. The van der Waals surface area contributed by atoms with Crippen molar-refractivity contribution in [3.05, 3.63) is 77.7 Å². The molecule has 3 rings (SSSR count). The zero-order valence-electron chi connectivity index (χ0n) is 14.5. The summed E-state index contributed by atoms with van der Waals surface area (Å²) in [5.41, 5.74) is 4.29. The summed E-state index contributed by atoms with van der Waals surface area (Å²) in [5.74, 6) is 0.408. The number of para-hydroxylation sites is 1. The second-order valence-electron chi connectivity index (χ2n) is 5.86. The largest absolute Gasteiger partial charge is 0.329 e. The molecule has 0 atom stereocenters. The molecule has 0 saturated carbocycles. The number of nitrogens with one attached hydrogen (secondary N) is 1. The third-order valence-electron chi connectivity index (χ3n) is 4.23. The maximum absolute atomic E-state index is 12.6. The minimum absolute atomic E-state index is 0.251. The van der Waals surface area contributed by atoms with E-state index in [2.05, 4.69) is 15.3 Å². The molecule has 126 valence electrons. The van der Waals surface area contributed by atoms with Crippen LogP contribution in [0.3, 0.4) is 0 Å².